The van der Waals surface area contributed by atoms with Gasteiger partial charge in [0.05, 0.1) is 5.41 Å². The van der Waals surface area contributed by atoms with E-state index in [1.54, 1.807) is 6.07 Å². The van der Waals surface area contributed by atoms with Crippen LogP contribution in [0.25, 0.3) is 0 Å². The van der Waals surface area contributed by atoms with Gasteiger partial charge in [-0.15, -0.1) is 0 Å². The Hall–Kier alpha value is -1.42. The summed E-state index contributed by atoms with van der Waals surface area (Å²) >= 11 is 0. The Balaban J connectivity index is 2.18. The van der Waals surface area contributed by atoms with Crippen LogP contribution >= 0.6 is 0 Å². The van der Waals surface area contributed by atoms with E-state index in [0.717, 1.165) is 50.5 Å². The van der Waals surface area contributed by atoms with E-state index in [1.165, 1.54) is 12.1 Å². The van der Waals surface area contributed by atoms with Gasteiger partial charge in [-0.3, -0.25) is 4.79 Å². The lowest BCUT2D eigenvalue weighted by Crippen LogP contribution is -2.49. The topological polar surface area (TPSA) is 55.1 Å². The van der Waals surface area contributed by atoms with Crippen molar-refractivity contribution in [1.82, 2.24) is 5.32 Å². The number of halogens is 1. The molecule has 0 spiro atoms. The van der Waals surface area contributed by atoms with Gasteiger partial charge in [-0.05, 0) is 37.0 Å². The van der Waals surface area contributed by atoms with Crippen LogP contribution in [0.1, 0.15) is 57.4 Å². The summed E-state index contributed by atoms with van der Waals surface area (Å²) in [6, 6.07) is 6.51. The molecule has 0 bridgehead atoms. The zero-order chi connectivity index (χ0) is 16.0. The molecule has 1 fully saturated rings. The van der Waals surface area contributed by atoms with E-state index in [1.807, 2.05) is 6.07 Å². The maximum Gasteiger partial charge on any atom is 0.230 e. The fraction of sp³-hybridized carbons (Fsp3) is 0.611. The van der Waals surface area contributed by atoms with Gasteiger partial charge in [0.25, 0.3) is 0 Å². The summed E-state index contributed by atoms with van der Waals surface area (Å²) < 4.78 is 13.6. The number of benzene rings is 1. The number of carbonyl (C=O) groups is 1. The maximum atomic E-state index is 13.6. The van der Waals surface area contributed by atoms with Crippen molar-refractivity contribution >= 4 is 5.91 Å². The van der Waals surface area contributed by atoms with Gasteiger partial charge in [0.1, 0.15) is 5.82 Å². The summed E-state index contributed by atoms with van der Waals surface area (Å²) in [6.07, 6.45) is 6.62. The van der Waals surface area contributed by atoms with Crippen molar-refractivity contribution in [3.8, 4) is 0 Å². The number of carbonyl (C=O) groups excluding carboxylic acids is 1. The van der Waals surface area contributed by atoms with Crippen LogP contribution in [-0.4, -0.2) is 18.5 Å². The zero-order valence-corrected chi connectivity index (χ0v) is 13.4. The molecule has 1 aliphatic carbocycles. The molecule has 1 aliphatic rings. The van der Waals surface area contributed by atoms with Crippen molar-refractivity contribution in [3.05, 3.63) is 35.6 Å². The van der Waals surface area contributed by atoms with Crippen LogP contribution in [0.3, 0.4) is 0 Å². The van der Waals surface area contributed by atoms with Gasteiger partial charge in [0, 0.05) is 12.6 Å². The zero-order valence-electron chi connectivity index (χ0n) is 13.4. The highest BCUT2D eigenvalue weighted by Gasteiger charge is 2.43. The molecule has 2 rings (SSSR count). The molecule has 22 heavy (non-hydrogen) atoms. The molecule has 122 valence electrons. The molecule has 1 atom stereocenters. The van der Waals surface area contributed by atoms with Crippen molar-refractivity contribution in [1.29, 1.82) is 0 Å². The Morgan fingerprint density at radius 1 is 1.41 bits per heavy atom. The predicted octanol–water partition coefficient (Wildman–Crippen LogP) is 3.27. The van der Waals surface area contributed by atoms with Crippen LogP contribution < -0.4 is 11.1 Å². The van der Waals surface area contributed by atoms with Crippen molar-refractivity contribution in [3.63, 3.8) is 0 Å². The predicted molar refractivity (Wildman–Crippen MR) is 87.1 cm³/mol. The van der Waals surface area contributed by atoms with E-state index < -0.39 is 5.41 Å². The Morgan fingerprint density at radius 3 is 2.73 bits per heavy atom. The first kappa shape index (κ1) is 16.9. The van der Waals surface area contributed by atoms with Gasteiger partial charge < -0.3 is 11.1 Å². The number of hydrogen-bond acceptors (Lipinski definition) is 2. The van der Waals surface area contributed by atoms with E-state index in [-0.39, 0.29) is 17.8 Å². The monoisotopic (exact) mass is 306 g/mol. The average Bonchev–Trinajstić information content (AvgIpc) is 3.02. The van der Waals surface area contributed by atoms with Crippen LogP contribution in [0.4, 0.5) is 4.39 Å². The van der Waals surface area contributed by atoms with Crippen LogP contribution in [0.5, 0.6) is 0 Å². The summed E-state index contributed by atoms with van der Waals surface area (Å²) in [4.78, 5) is 12.9. The number of unbranched alkanes of at least 4 members (excludes halogenated alkanes) is 1. The molecule has 4 heteroatoms. The maximum absolute atomic E-state index is 13.6. The molecule has 0 aliphatic heterocycles. The molecular formula is C18H27FN2O. The summed E-state index contributed by atoms with van der Waals surface area (Å²) in [5, 5.41) is 3.12. The lowest BCUT2D eigenvalue weighted by molar-refractivity contribution is -0.127. The Kier molecular flexibility index (Phi) is 5.95. The second-order valence-electron chi connectivity index (χ2n) is 6.35. The van der Waals surface area contributed by atoms with Gasteiger partial charge in [0.15, 0.2) is 0 Å². The van der Waals surface area contributed by atoms with E-state index in [2.05, 4.69) is 12.2 Å². The standard InChI is InChI=1S/C18H27FN2O/c1-2-3-9-16(13-20)21-17(22)18(10-4-5-11-18)14-7-6-8-15(19)12-14/h6-8,12,16H,2-5,9-11,13,20H2,1H3,(H,21,22). The van der Waals surface area contributed by atoms with Gasteiger partial charge in [-0.1, -0.05) is 44.7 Å². The first-order chi connectivity index (χ1) is 10.6. The number of hydrogen-bond donors (Lipinski definition) is 2. The van der Waals surface area contributed by atoms with E-state index in [0.29, 0.717) is 6.54 Å². The molecule has 3 N–H and O–H groups in total. The molecule has 1 unspecified atom stereocenters. The second-order valence-corrected chi connectivity index (χ2v) is 6.35. The third-order valence-corrected chi connectivity index (χ3v) is 4.79. The molecule has 0 aromatic heterocycles. The number of nitrogens with two attached hydrogens (primary N) is 1. The van der Waals surface area contributed by atoms with Crippen molar-refractivity contribution in [2.24, 2.45) is 5.73 Å². The fourth-order valence-electron chi connectivity index (χ4n) is 3.43. The van der Waals surface area contributed by atoms with Crippen molar-refractivity contribution < 1.29 is 9.18 Å². The van der Waals surface area contributed by atoms with Gasteiger partial charge in [-0.25, -0.2) is 4.39 Å². The highest BCUT2D eigenvalue weighted by atomic mass is 19.1. The third kappa shape index (κ3) is 3.67. The first-order valence-corrected chi connectivity index (χ1v) is 8.39. The molecule has 0 heterocycles. The Labute approximate surface area is 132 Å². The lowest BCUT2D eigenvalue weighted by Gasteiger charge is -2.30. The summed E-state index contributed by atoms with van der Waals surface area (Å²) in [5.74, 6) is -0.264. The molecule has 1 amide bonds. The second kappa shape index (κ2) is 7.73. The molecule has 1 saturated carbocycles. The van der Waals surface area contributed by atoms with Crippen LogP contribution in [-0.2, 0) is 10.2 Å². The number of amides is 1. The number of nitrogens with one attached hydrogen (secondary N) is 1. The lowest BCUT2D eigenvalue weighted by atomic mass is 9.77. The molecule has 3 nitrogen and oxygen atoms in total. The Morgan fingerprint density at radius 2 is 2.14 bits per heavy atom. The van der Waals surface area contributed by atoms with Gasteiger partial charge in [-0.2, -0.15) is 0 Å². The van der Waals surface area contributed by atoms with Crippen molar-refractivity contribution in [2.75, 3.05) is 6.54 Å². The van der Waals surface area contributed by atoms with Gasteiger partial charge in [0.2, 0.25) is 5.91 Å². The van der Waals surface area contributed by atoms with Crippen LogP contribution in [0.2, 0.25) is 0 Å². The largest absolute Gasteiger partial charge is 0.351 e. The first-order valence-electron chi connectivity index (χ1n) is 8.39. The van der Waals surface area contributed by atoms with E-state index in [4.69, 9.17) is 5.73 Å². The van der Waals surface area contributed by atoms with Crippen LogP contribution in [0, 0.1) is 5.82 Å². The minimum absolute atomic E-state index is 0.0125. The molecule has 1 aromatic carbocycles. The summed E-state index contributed by atoms with van der Waals surface area (Å²) in [7, 11) is 0. The smallest absolute Gasteiger partial charge is 0.230 e. The summed E-state index contributed by atoms with van der Waals surface area (Å²) in [6.45, 7) is 2.57. The SMILES string of the molecule is CCCCC(CN)NC(=O)C1(c2cccc(F)c2)CCCC1. The molecule has 0 saturated heterocycles. The normalized spacial score (nSPS) is 18.1. The highest BCUT2D eigenvalue weighted by molar-refractivity contribution is 5.88. The minimum atomic E-state index is -0.582. The van der Waals surface area contributed by atoms with E-state index in [9.17, 15) is 9.18 Å². The fourth-order valence-corrected chi connectivity index (χ4v) is 3.43. The Bertz CT molecular complexity index is 498. The van der Waals surface area contributed by atoms with Crippen molar-refractivity contribution in [2.45, 2.75) is 63.3 Å². The summed E-state index contributed by atoms with van der Waals surface area (Å²) in [5.41, 5.74) is 6.01. The van der Waals surface area contributed by atoms with Gasteiger partial charge >= 0.3 is 0 Å². The van der Waals surface area contributed by atoms with E-state index >= 15 is 0 Å². The molecule has 1 aromatic rings. The molecular weight excluding hydrogens is 279 g/mol. The highest BCUT2D eigenvalue weighted by Crippen LogP contribution is 2.41. The average molecular weight is 306 g/mol. The van der Waals surface area contributed by atoms with Crippen LogP contribution in [0.15, 0.2) is 24.3 Å². The number of rotatable bonds is 7. The quantitative estimate of drug-likeness (QED) is 0.812. The minimum Gasteiger partial charge on any atom is -0.351 e. The molecule has 0 radical (unpaired) electrons. The third-order valence-electron chi connectivity index (χ3n) is 4.79.